The Hall–Kier alpha value is -1.88. The van der Waals surface area contributed by atoms with Gasteiger partial charge in [0, 0.05) is 37.2 Å². The number of ether oxygens (including phenoxy) is 1. The van der Waals surface area contributed by atoms with Crippen molar-refractivity contribution in [1.82, 2.24) is 15.0 Å². The predicted octanol–water partition coefficient (Wildman–Crippen LogP) is 0.861. The average molecular weight is 244 g/mol. The Bertz CT molecular complexity index is 551. The van der Waals surface area contributed by atoms with Crippen LogP contribution in [0.3, 0.4) is 0 Å². The van der Waals surface area contributed by atoms with E-state index in [9.17, 15) is 0 Å². The van der Waals surface area contributed by atoms with Crippen LogP contribution in [-0.2, 0) is 13.5 Å². The third-order valence-electron chi connectivity index (χ3n) is 3.35. The van der Waals surface area contributed by atoms with Crippen LogP contribution in [-0.4, -0.2) is 27.6 Å². The molecule has 0 saturated heterocycles. The summed E-state index contributed by atoms with van der Waals surface area (Å²) in [5, 5.41) is 8.00. The van der Waals surface area contributed by atoms with Crippen LogP contribution in [0.2, 0.25) is 0 Å². The Morgan fingerprint density at radius 1 is 1.50 bits per heavy atom. The van der Waals surface area contributed by atoms with Crippen LogP contribution in [0.5, 0.6) is 5.75 Å². The van der Waals surface area contributed by atoms with Gasteiger partial charge in [-0.2, -0.15) is 0 Å². The maximum Gasteiger partial charge on any atom is 0.122 e. The maximum absolute atomic E-state index is 6.28. The van der Waals surface area contributed by atoms with E-state index in [4.69, 9.17) is 10.5 Å². The summed E-state index contributed by atoms with van der Waals surface area (Å²) < 4.78 is 7.35. The number of rotatable bonds is 3. The summed E-state index contributed by atoms with van der Waals surface area (Å²) >= 11 is 0. The Labute approximate surface area is 106 Å². The van der Waals surface area contributed by atoms with Crippen molar-refractivity contribution in [2.45, 2.75) is 18.4 Å². The Morgan fingerprint density at radius 3 is 3.11 bits per heavy atom. The van der Waals surface area contributed by atoms with Crippen molar-refractivity contribution in [3.63, 3.8) is 0 Å². The van der Waals surface area contributed by atoms with Crippen molar-refractivity contribution in [3.8, 4) is 5.75 Å². The molecule has 1 aliphatic heterocycles. The van der Waals surface area contributed by atoms with E-state index in [0.29, 0.717) is 6.61 Å². The molecular weight excluding hydrogens is 228 g/mol. The second-order valence-electron chi connectivity index (χ2n) is 4.71. The molecule has 0 fully saturated rings. The summed E-state index contributed by atoms with van der Waals surface area (Å²) in [6.07, 6.45) is 2.62. The first-order chi connectivity index (χ1) is 8.74. The van der Waals surface area contributed by atoms with E-state index in [0.717, 1.165) is 17.9 Å². The fraction of sp³-hybridized carbons (Fsp3) is 0.385. The van der Waals surface area contributed by atoms with Crippen LogP contribution in [0.1, 0.15) is 17.2 Å². The van der Waals surface area contributed by atoms with Gasteiger partial charge in [-0.15, -0.1) is 5.10 Å². The van der Waals surface area contributed by atoms with Crippen LogP contribution in [0.25, 0.3) is 0 Å². The zero-order valence-electron chi connectivity index (χ0n) is 10.3. The van der Waals surface area contributed by atoms with Crippen molar-refractivity contribution >= 4 is 0 Å². The maximum atomic E-state index is 6.28. The molecule has 2 unspecified atom stereocenters. The van der Waals surface area contributed by atoms with Crippen molar-refractivity contribution in [1.29, 1.82) is 0 Å². The highest BCUT2D eigenvalue weighted by Crippen LogP contribution is 2.35. The van der Waals surface area contributed by atoms with Gasteiger partial charge in [0.25, 0.3) is 0 Å². The molecule has 0 saturated carbocycles. The number of aryl methyl sites for hydroxylation is 1. The molecule has 3 rings (SSSR count). The fourth-order valence-corrected chi connectivity index (χ4v) is 2.41. The van der Waals surface area contributed by atoms with Crippen LogP contribution < -0.4 is 10.5 Å². The van der Waals surface area contributed by atoms with Crippen LogP contribution in [0, 0.1) is 0 Å². The predicted molar refractivity (Wildman–Crippen MR) is 67.4 cm³/mol. The summed E-state index contributed by atoms with van der Waals surface area (Å²) in [7, 11) is 1.86. The first kappa shape index (κ1) is 11.2. The van der Waals surface area contributed by atoms with Gasteiger partial charge < -0.3 is 10.5 Å². The third kappa shape index (κ3) is 1.97. The van der Waals surface area contributed by atoms with Gasteiger partial charge in [-0.3, -0.25) is 4.68 Å². The normalized spacial score (nSPS) is 19.3. The summed E-state index contributed by atoms with van der Waals surface area (Å²) in [6.45, 7) is 0.654. The lowest BCUT2D eigenvalue weighted by atomic mass is 9.91. The molecule has 0 spiro atoms. The molecule has 0 radical (unpaired) electrons. The zero-order chi connectivity index (χ0) is 12.5. The van der Waals surface area contributed by atoms with Crippen molar-refractivity contribution in [2.75, 3.05) is 6.61 Å². The lowest BCUT2D eigenvalue weighted by molar-refractivity contribution is 0.313. The minimum atomic E-state index is 0.00495. The van der Waals surface area contributed by atoms with E-state index in [2.05, 4.69) is 16.4 Å². The number of nitrogens with zero attached hydrogens (tertiary/aromatic N) is 3. The topological polar surface area (TPSA) is 66.0 Å². The van der Waals surface area contributed by atoms with Gasteiger partial charge in [-0.25, -0.2) is 0 Å². The molecule has 5 heteroatoms. The summed E-state index contributed by atoms with van der Waals surface area (Å²) in [5.41, 5.74) is 8.41. The van der Waals surface area contributed by atoms with Gasteiger partial charge in [0.1, 0.15) is 5.75 Å². The lowest BCUT2D eigenvalue weighted by Crippen LogP contribution is -2.31. The smallest absolute Gasteiger partial charge is 0.122 e. The molecule has 0 bridgehead atoms. The molecule has 2 heterocycles. The molecular formula is C13H16N4O. The second kappa shape index (κ2) is 4.42. The van der Waals surface area contributed by atoms with E-state index in [1.165, 1.54) is 5.56 Å². The molecule has 1 aromatic carbocycles. The number of nitrogens with two attached hydrogens (primary N) is 1. The molecule has 1 aromatic heterocycles. The third-order valence-corrected chi connectivity index (χ3v) is 3.35. The Morgan fingerprint density at radius 2 is 2.33 bits per heavy atom. The second-order valence-corrected chi connectivity index (χ2v) is 4.71. The monoisotopic (exact) mass is 244 g/mol. The van der Waals surface area contributed by atoms with Crippen LogP contribution >= 0.6 is 0 Å². The van der Waals surface area contributed by atoms with E-state index < -0.39 is 0 Å². The van der Waals surface area contributed by atoms with Crippen molar-refractivity contribution < 1.29 is 4.74 Å². The quantitative estimate of drug-likeness (QED) is 0.869. The molecule has 18 heavy (non-hydrogen) atoms. The molecule has 2 N–H and O–H groups in total. The minimum Gasteiger partial charge on any atom is -0.493 e. The van der Waals surface area contributed by atoms with Gasteiger partial charge in [-0.1, -0.05) is 23.4 Å². The number of hydrogen-bond donors (Lipinski definition) is 1. The van der Waals surface area contributed by atoms with Gasteiger partial charge in [0.05, 0.1) is 12.3 Å². The first-order valence-corrected chi connectivity index (χ1v) is 6.06. The van der Waals surface area contributed by atoms with Crippen molar-refractivity contribution in [2.24, 2.45) is 12.8 Å². The fourth-order valence-electron chi connectivity index (χ4n) is 2.41. The molecule has 1 aliphatic rings. The molecule has 94 valence electrons. The molecule has 0 aliphatic carbocycles. The van der Waals surface area contributed by atoms with E-state index in [1.54, 1.807) is 4.68 Å². The SMILES string of the molecule is Cn1cc(CC(N)C2COc3ccccc32)nn1. The molecule has 2 aromatic rings. The van der Waals surface area contributed by atoms with E-state index in [-0.39, 0.29) is 12.0 Å². The Balaban J connectivity index is 1.76. The number of aromatic nitrogens is 3. The highest BCUT2D eigenvalue weighted by Gasteiger charge is 2.29. The molecule has 5 nitrogen and oxygen atoms in total. The number of benzene rings is 1. The highest BCUT2D eigenvalue weighted by molar-refractivity contribution is 5.40. The average Bonchev–Trinajstić information content (AvgIpc) is 2.95. The molecule has 2 atom stereocenters. The largest absolute Gasteiger partial charge is 0.493 e. The van der Waals surface area contributed by atoms with E-state index in [1.807, 2.05) is 31.4 Å². The van der Waals surface area contributed by atoms with Gasteiger partial charge in [-0.05, 0) is 6.07 Å². The lowest BCUT2D eigenvalue weighted by Gasteiger charge is -2.16. The van der Waals surface area contributed by atoms with Crippen LogP contribution in [0.4, 0.5) is 0 Å². The molecule has 0 amide bonds. The highest BCUT2D eigenvalue weighted by atomic mass is 16.5. The number of hydrogen-bond acceptors (Lipinski definition) is 4. The first-order valence-electron chi connectivity index (χ1n) is 6.06. The number of para-hydroxylation sites is 1. The minimum absolute atomic E-state index is 0.00495. The number of fused-ring (bicyclic) bond motifs is 1. The van der Waals surface area contributed by atoms with Gasteiger partial charge >= 0.3 is 0 Å². The van der Waals surface area contributed by atoms with Crippen molar-refractivity contribution in [3.05, 3.63) is 41.7 Å². The van der Waals surface area contributed by atoms with E-state index >= 15 is 0 Å². The van der Waals surface area contributed by atoms with Crippen LogP contribution in [0.15, 0.2) is 30.5 Å². The standard InChI is InChI=1S/C13H16N4O/c1-17-7-9(15-16-17)6-12(14)11-8-18-13-5-3-2-4-10(11)13/h2-5,7,11-12H,6,8,14H2,1H3. The summed E-state index contributed by atoms with van der Waals surface area (Å²) in [4.78, 5) is 0. The Kier molecular flexibility index (Phi) is 2.76. The van der Waals surface area contributed by atoms with Gasteiger partial charge in [0.2, 0.25) is 0 Å². The summed E-state index contributed by atoms with van der Waals surface area (Å²) in [6, 6.07) is 8.09. The zero-order valence-corrected chi connectivity index (χ0v) is 10.3. The summed E-state index contributed by atoms with van der Waals surface area (Å²) in [5.74, 6) is 1.19. The van der Waals surface area contributed by atoms with Gasteiger partial charge in [0.15, 0.2) is 0 Å².